The maximum absolute atomic E-state index is 4.81. The third-order valence-corrected chi connectivity index (χ3v) is 0. The van der Waals surface area contributed by atoms with Gasteiger partial charge in [0, 0.05) is 0 Å². The molecule has 8 heavy (non-hydrogen) atoms. The molecule has 0 unspecified atom stereocenters. The second-order valence-corrected chi connectivity index (χ2v) is 2.23. The Morgan fingerprint density at radius 2 is 0.750 bits per heavy atom. The SMILES string of the molecule is B.Br.Br.Br.ClC(Cl)Cl. The van der Waals surface area contributed by atoms with Crippen molar-refractivity contribution in [3.05, 3.63) is 0 Å². The van der Waals surface area contributed by atoms with Crippen molar-refractivity contribution in [3.8, 4) is 0 Å². The highest BCUT2D eigenvalue weighted by Crippen LogP contribution is 2.03. The minimum Gasteiger partial charge on any atom is -0.114 e. The molecule has 0 nitrogen and oxygen atoms in total. The van der Waals surface area contributed by atoms with E-state index in [1.807, 2.05) is 0 Å². The number of hydrogen-bond acceptors (Lipinski definition) is 0. The molecule has 7 heteroatoms. The van der Waals surface area contributed by atoms with Crippen molar-refractivity contribution in [3.63, 3.8) is 0 Å². The van der Waals surface area contributed by atoms with Crippen molar-refractivity contribution >= 4 is 94.2 Å². The summed E-state index contributed by atoms with van der Waals surface area (Å²) in [7, 11) is 0. The molecule has 0 aromatic carbocycles. The monoisotopic (exact) mass is 372 g/mol. The molecular formula is CH7BBr3Cl3. The zero-order valence-corrected chi connectivity index (χ0v) is 10.3. The van der Waals surface area contributed by atoms with Crippen LogP contribution < -0.4 is 0 Å². The van der Waals surface area contributed by atoms with E-state index in [1.165, 1.54) is 0 Å². The fraction of sp³-hybridized carbons (Fsp3) is 1.00. The second kappa shape index (κ2) is 22.8. The molecule has 56 valence electrons. The van der Waals surface area contributed by atoms with Gasteiger partial charge in [0.05, 0.1) is 8.41 Å². The average molecular weight is 376 g/mol. The van der Waals surface area contributed by atoms with E-state index in [0.717, 1.165) is 0 Å². The lowest BCUT2D eigenvalue weighted by molar-refractivity contribution is 1.96. The Kier molecular flexibility index (Phi) is 89.8. The summed E-state index contributed by atoms with van der Waals surface area (Å²) in [5, 5.41) is 0. The predicted octanol–water partition coefficient (Wildman–Crippen LogP) is 2.54. The van der Waals surface area contributed by atoms with Crippen LogP contribution in [0, 0.1) is 0 Å². The minimum absolute atomic E-state index is 0. The van der Waals surface area contributed by atoms with E-state index >= 15 is 0 Å². The molecule has 0 fully saturated rings. The summed E-state index contributed by atoms with van der Waals surface area (Å²) in [6.07, 6.45) is 0. The lowest BCUT2D eigenvalue weighted by Crippen LogP contribution is -1.55. The van der Waals surface area contributed by atoms with E-state index in [4.69, 9.17) is 34.8 Å². The van der Waals surface area contributed by atoms with Crippen LogP contribution in [-0.2, 0) is 0 Å². The Labute approximate surface area is 97.5 Å². The smallest absolute Gasteiger partial charge is 0.114 e. The minimum atomic E-state index is -0.750. The summed E-state index contributed by atoms with van der Waals surface area (Å²) >= 11 is 14.4. The molecule has 0 N–H and O–H groups in total. The van der Waals surface area contributed by atoms with Crippen LogP contribution in [-0.4, -0.2) is 12.7 Å². The molecule has 0 atom stereocenters. The van der Waals surface area contributed by atoms with Gasteiger partial charge >= 0.3 is 0 Å². The fourth-order valence-electron chi connectivity index (χ4n) is 0. The van der Waals surface area contributed by atoms with Gasteiger partial charge in [0.1, 0.15) is 0 Å². The van der Waals surface area contributed by atoms with Gasteiger partial charge in [0.25, 0.3) is 0 Å². The Hall–Kier alpha value is 2.37. The topological polar surface area (TPSA) is 0 Å². The van der Waals surface area contributed by atoms with E-state index < -0.39 is 4.30 Å². The third-order valence-electron chi connectivity index (χ3n) is 0. The zero-order valence-electron chi connectivity index (χ0n) is 2.94. The van der Waals surface area contributed by atoms with E-state index in [-0.39, 0.29) is 59.4 Å². The highest BCUT2D eigenvalue weighted by molar-refractivity contribution is 8.93. The Morgan fingerprint density at radius 1 is 0.750 bits per heavy atom. The molecule has 0 radical (unpaired) electrons. The molecule has 0 saturated heterocycles. The molecule has 0 saturated carbocycles. The Morgan fingerprint density at radius 3 is 0.750 bits per heavy atom. The van der Waals surface area contributed by atoms with Crippen molar-refractivity contribution in [2.24, 2.45) is 0 Å². The fourth-order valence-corrected chi connectivity index (χ4v) is 0. The van der Waals surface area contributed by atoms with Gasteiger partial charge in [-0.3, -0.25) is 0 Å². The van der Waals surface area contributed by atoms with Crippen molar-refractivity contribution in [1.29, 1.82) is 0 Å². The van der Waals surface area contributed by atoms with Crippen LogP contribution in [0.25, 0.3) is 0 Å². The van der Waals surface area contributed by atoms with E-state index in [2.05, 4.69) is 0 Å². The molecule has 0 aliphatic heterocycles. The predicted molar refractivity (Wildman–Crippen MR) is 62.3 cm³/mol. The summed E-state index contributed by atoms with van der Waals surface area (Å²) in [5.74, 6) is 0. The van der Waals surface area contributed by atoms with Crippen molar-refractivity contribution in [2.75, 3.05) is 0 Å². The van der Waals surface area contributed by atoms with E-state index in [1.54, 1.807) is 0 Å². The molecule has 0 rings (SSSR count). The zero-order chi connectivity index (χ0) is 3.58. The average Bonchev–Trinajstić information content (AvgIpc) is 0.811. The van der Waals surface area contributed by atoms with Crippen LogP contribution in [0.1, 0.15) is 0 Å². The molecule has 0 aliphatic rings. The van der Waals surface area contributed by atoms with Gasteiger partial charge in [-0.15, -0.1) is 50.9 Å². The van der Waals surface area contributed by atoms with Gasteiger partial charge in [0.2, 0.25) is 0 Å². The second-order valence-electron chi connectivity index (χ2n) is 0.247. The molecule has 0 heterocycles. The summed E-state index contributed by atoms with van der Waals surface area (Å²) in [5.41, 5.74) is 0. The maximum Gasteiger partial charge on any atom is 0.180 e. The van der Waals surface area contributed by atoms with Gasteiger partial charge < -0.3 is 0 Å². The Bertz CT molecular complexity index is 19.2. The van der Waals surface area contributed by atoms with Crippen LogP contribution in [0.5, 0.6) is 0 Å². The van der Waals surface area contributed by atoms with E-state index in [9.17, 15) is 0 Å². The largest absolute Gasteiger partial charge is 0.180 e. The van der Waals surface area contributed by atoms with Gasteiger partial charge in [-0.25, -0.2) is 0 Å². The lowest BCUT2D eigenvalue weighted by atomic mass is 10.8. The van der Waals surface area contributed by atoms with Crippen LogP contribution in [0.4, 0.5) is 0 Å². The van der Waals surface area contributed by atoms with E-state index in [0.29, 0.717) is 0 Å². The van der Waals surface area contributed by atoms with Gasteiger partial charge in [0.15, 0.2) is 4.30 Å². The van der Waals surface area contributed by atoms with Gasteiger partial charge in [-0.2, -0.15) is 0 Å². The molecule has 0 spiro atoms. The standard InChI is InChI=1S/CHCl3.BH3.3BrH/c2-1(3)4;;;;/h1H;1H3;3*1H. The summed E-state index contributed by atoms with van der Waals surface area (Å²) < 4.78 is -0.750. The quantitative estimate of drug-likeness (QED) is 0.451. The van der Waals surface area contributed by atoms with Gasteiger partial charge in [-0.1, -0.05) is 34.8 Å². The molecule has 0 aromatic rings. The third kappa shape index (κ3) is 80.8. The number of hydrogen-bond donors (Lipinski definition) is 0. The molecule has 0 aromatic heterocycles. The number of rotatable bonds is 0. The van der Waals surface area contributed by atoms with Crippen LogP contribution in [0.15, 0.2) is 0 Å². The number of alkyl halides is 3. The molecular weight excluding hydrogens is 369 g/mol. The van der Waals surface area contributed by atoms with Crippen molar-refractivity contribution < 1.29 is 0 Å². The first-order valence-corrected chi connectivity index (χ1v) is 1.96. The summed E-state index contributed by atoms with van der Waals surface area (Å²) in [4.78, 5) is 0. The first-order valence-electron chi connectivity index (χ1n) is 0.655. The molecule has 0 bridgehead atoms. The first kappa shape index (κ1) is 31.6. The highest BCUT2D eigenvalue weighted by atomic mass is 79.9. The normalized spacial score (nSPS) is 4.50. The van der Waals surface area contributed by atoms with Gasteiger partial charge in [-0.05, 0) is 0 Å². The molecule has 0 amide bonds. The van der Waals surface area contributed by atoms with Crippen LogP contribution >= 0.6 is 85.7 Å². The maximum atomic E-state index is 4.81. The molecule has 0 aliphatic carbocycles. The summed E-state index contributed by atoms with van der Waals surface area (Å²) in [6, 6.07) is 0. The van der Waals surface area contributed by atoms with Crippen molar-refractivity contribution in [2.45, 2.75) is 4.30 Å². The first-order chi connectivity index (χ1) is 1.73. The van der Waals surface area contributed by atoms with Crippen LogP contribution in [0.3, 0.4) is 0 Å². The van der Waals surface area contributed by atoms with Crippen LogP contribution in [0.2, 0.25) is 0 Å². The lowest BCUT2D eigenvalue weighted by Gasteiger charge is -1.69. The number of halogens is 6. The highest BCUT2D eigenvalue weighted by Gasteiger charge is 1.78. The Balaban J connectivity index is -0.00000000750. The van der Waals surface area contributed by atoms with Crippen molar-refractivity contribution in [1.82, 2.24) is 0 Å². The summed E-state index contributed by atoms with van der Waals surface area (Å²) in [6.45, 7) is 0.